The van der Waals surface area contributed by atoms with Crippen LogP contribution in [0.15, 0.2) is 49.6 Å². The maximum absolute atomic E-state index is 6.27. The summed E-state index contributed by atoms with van der Waals surface area (Å²) in [7, 11) is 0. The van der Waals surface area contributed by atoms with E-state index in [1.54, 1.807) is 23.7 Å². The largest absolute Gasteiger partial charge is 0.317 e. The van der Waals surface area contributed by atoms with Crippen molar-refractivity contribution in [2.24, 2.45) is 0 Å². The minimum atomic E-state index is 0. The van der Waals surface area contributed by atoms with Crippen molar-refractivity contribution >= 4 is 24.0 Å². The van der Waals surface area contributed by atoms with Crippen molar-refractivity contribution in [2.75, 3.05) is 13.1 Å². The van der Waals surface area contributed by atoms with E-state index >= 15 is 0 Å². The van der Waals surface area contributed by atoms with Crippen LogP contribution in [0.4, 0.5) is 0 Å². The van der Waals surface area contributed by atoms with Gasteiger partial charge in [-0.25, -0.2) is 19.6 Å². The van der Waals surface area contributed by atoms with Gasteiger partial charge in [0.15, 0.2) is 0 Å². The molecule has 154 valence electrons. The van der Waals surface area contributed by atoms with Gasteiger partial charge in [-0.2, -0.15) is 5.10 Å². The Hall–Kier alpha value is -2.06. The number of rotatable bonds is 6. The Morgan fingerprint density at radius 3 is 2.72 bits per heavy atom. The highest BCUT2D eigenvalue weighted by Gasteiger charge is 2.22. The molecule has 0 spiro atoms. The first-order valence-electron chi connectivity index (χ1n) is 9.61. The fourth-order valence-electron chi connectivity index (χ4n) is 3.76. The first kappa shape index (κ1) is 21.6. The molecule has 0 amide bonds. The molecule has 1 fully saturated rings. The molecule has 1 saturated heterocycles. The number of aromatic nitrogens is 5. The summed E-state index contributed by atoms with van der Waals surface area (Å²) >= 11 is 6.27. The van der Waals surface area contributed by atoms with E-state index in [0.717, 1.165) is 43.9 Å². The minimum Gasteiger partial charge on any atom is -0.317 e. The van der Waals surface area contributed by atoms with Gasteiger partial charge in [0.25, 0.3) is 0 Å². The van der Waals surface area contributed by atoms with Gasteiger partial charge in [0.1, 0.15) is 19.0 Å². The van der Waals surface area contributed by atoms with Crippen molar-refractivity contribution in [2.45, 2.75) is 38.4 Å². The van der Waals surface area contributed by atoms with Crippen LogP contribution in [0.3, 0.4) is 0 Å². The number of halogens is 2. The quantitative estimate of drug-likeness (QED) is 0.642. The predicted octanol–water partition coefficient (Wildman–Crippen LogP) is 3.28. The van der Waals surface area contributed by atoms with Gasteiger partial charge in [-0.1, -0.05) is 17.7 Å². The van der Waals surface area contributed by atoms with Crippen molar-refractivity contribution in [3.63, 3.8) is 0 Å². The lowest BCUT2D eigenvalue weighted by Gasteiger charge is -2.31. The SMILES string of the molecule is Cl.Clc1ccc(CN(Cc2cncnc2)C2CCCNCC2)c(-n2cncn2)c1. The zero-order valence-corrected chi connectivity index (χ0v) is 17.7. The zero-order valence-electron chi connectivity index (χ0n) is 16.1. The number of hydrogen-bond donors (Lipinski definition) is 1. The normalized spacial score (nSPS) is 17.0. The van der Waals surface area contributed by atoms with E-state index in [2.05, 4.69) is 36.3 Å². The van der Waals surface area contributed by atoms with Crippen LogP contribution in [0.1, 0.15) is 30.4 Å². The van der Waals surface area contributed by atoms with Crippen molar-refractivity contribution in [1.82, 2.24) is 34.9 Å². The second-order valence-electron chi connectivity index (χ2n) is 7.10. The summed E-state index contributed by atoms with van der Waals surface area (Å²) in [6, 6.07) is 6.47. The van der Waals surface area contributed by atoms with Crippen molar-refractivity contribution < 1.29 is 0 Å². The molecule has 7 nitrogen and oxygen atoms in total. The molecule has 1 aromatic carbocycles. The van der Waals surface area contributed by atoms with E-state index in [1.807, 2.05) is 24.5 Å². The average Bonchev–Trinajstić information content (AvgIpc) is 3.12. The molecule has 1 aliphatic heterocycles. The number of hydrogen-bond acceptors (Lipinski definition) is 6. The number of nitrogens with one attached hydrogen (secondary N) is 1. The first-order chi connectivity index (χ1) is 13.8. The van der Waals surface area contributed by atoms with E-state index in [0.29, 0.717) is 11.1 Å². The molecule has 4 rings (SSSR count). The monoisotopic (exact) mass is 433 g/mol. The van der Waals surface area contributed by atoms with Gasteiger partial charge in [0, 0.05) is 42.1 Å². The summed E-state index contributed by atoms with van der Waals surface area (Å²) in [6.45, 7) is 3.74. The Morgan fingerprint density at radius 2 is 1.93 bits per heavy atom. The van der Waals surface area contributed by atoms with Crippen molar-refractivity contribution in [3.8, 4) is 5.69 Å². The zero-order chi connectivity index (χ0) is 19.2. The Bertz CT molecular complexity index is 866. The Kier molecular flexibility index (Phi) is 7.94. The standard InChI is InChI=1S/C20H24ClN7.ClH/c21-18-4-3-17(20(8-18)28-15-25-14-26-28)12-27(11-16-9-23-13-24-10-16)19-2-1-6-22-7-5-19;/h3-4,8-10,13-15,19,22H,1-2,5-7,11-12H2;1H. The van der Waals surface area contributed by atoms with Gasteiger partial charge >= 0.3 is 0 Å². The molecule has 1 N–H and O–H groups in total. The molecule has 1 unspecified atom stereocenters. The summed E-state index contributed by atoms with van der Waals surface area (Å²) in [5, 5.41) is 8.51. The van der Waals surface area contributed by atoms with Crippen molar-refractivity contribution in [1.29, 1.82) is 0 Å². The summed E-state index contributed by atoms with van der Waals surface area (Å²) in [6.07, 6.45) is 12.1. The molecular weight excluding hydrogens is 409 g/mol. The van der Waals surface area contributed by atoms with Gasteiger partial charge in [-0.05, 0) is 50.0 Å². The lowest BCUT2D eigenvalue weighted by atomic mass is 10.0. The third-order valence-electron chi connectivity index (χ3n) is 5.15. The molecule has 3 heterocycles. The molecule has 2 aromatic heterocycles. The lowest BCUT2D eigenvalue weighted by molar-refractivity contribution is 0.163. The van der Waals surface area contributed by atoms with Gasteiger partial charge in [0.05, 0.1) is 5.69 Å². The molecule has 29 heavy (non-hydrogen) atoms. The minimum absolute atomic E-state index is 0. The van der Waals surface area contributed by atoms with E-state index in [9.17, 15) is 0 Å². The molecule has 1 atom stereocenters. The Morgan fingerprint density at radius 1 is 1.07 bits per heavy atom. The van der Waals surface area contributed by atoms with Crippen LogP contribution in [0.2, 0.25) is 5.02 Å². The van der Waals surface area contributed by atoms with Gasteiger partial charge in [-0.15, -0.1) is 12.4 Å². The smallest absolute Gasteiger partial charge is 0.138 e. The molecule has 3 aromatic rings. The summed E-state index contributed by atoms with van der Waals surface area (Å²) in [4.78, 5) is 15.0. The molecule has 0 radical (unpaired) electrons. The van der Waals surface area contributed by atoms with Crippen LogP contribution >= 0.6 is 24.0 Å². The lowest BCUT2D eigenvalue weighted by Crippen LogP contribution is -2.35. The first-order valence-corrected chi connectivity index (χ1v) is 9.99. The van der Waals surface area contributed by atoms with E-state index in [-0.39, 0.29) is 12.4 Å². The van der Waals surface area contributed by atoms with Crippen LogP contribution in [0, 0.1) is 0 Å². The second-order valence-corrected chi connectivity index (χ2v) is 7.54. The fraction of sp³-hybridized carbons (Fsp3) is 0.400. The van der Waals surface area contributed by atoms with Gasteiger partial charge < -0.3 is 5.32 Å². The third-order valence-corrected chi connectivity index (χ3v) is 5.38. The molecule has 0 saturated carbocycles. The topological polar surface area (TPSA) is 71.8 Å². The molecule has 0 bridgehead atoms. The number of nitrogens with zero attached hydrogens (tertiary/aromatic N) is 6. The highest BCUT2D eigenvalue weighted by atomic mass is 35.5. The average molecular weight is 434 g/mol. The van der Waals surface area contributed by atoms with Gasteiger partial charge in [-0.3, -0.25) is 4.90 Å². The van der Waals surface area contributed by atoms with Crippen LogP contribution in [-0.2, 0) is 13.1 Å². The molecule has 1 aliphatic rings. The summed E-state index contributed by atoms with van der Waals surface area (Å²) in [5.74, 6) is 0. The Balaban J connectivity index is 0.00000240. The molecule has 0 aliphatic carbocycles. The van der Waals surface area contributed by atoms with Crippen LogP contribution in [-0.4, -0.2) is 48.8 Å². The molecular formula is C20H25Cl2N7. The Labute approximate surface area is 181 Å². The fourth-order valence-corrected chi connectivity index (χ4v) is 3.93. The van der Waals surface area contributed by atoms with Crippen LogP contribution in [0.25, 0.3) is 5.69 Å². The highest BCUT2D eigenvalue weighted by Crippen LogP contribution is 2.25. The summed E-state index contributed by atoms with van der Waals surface area (Å²) < 4.78 is 1.78. The van der Waals surface area contributed by atoms with E-state index < -0.39 is 0 Å². The van der Waals surface area contributed by atoms with E-state index in [4.69, 9.17) is 11.6 Å². The van der Waals surface area contributed by atoms with Crippen LogP contribution < -0.4 is 5.32 Å². The third kappa shape index (κ3) is 5.73. The predicted molar refractivity (Wildman–Crippen MR) is 115 cm³/mol. The summed E-state index contributed by atoms with van der Waals surface area (Å²) in [5.41, 5.74) is 3.26. The molecule has 9 heteroatoms. The highest BCUT2D eigenvalue weighted by molar-refractivity contribution is 6.30. The van der Waals surface area contributed by atoms with Gasteiger partial charge in [0.2, 0.25) is 0 Å². The van der Waals surface area contributed by atoms with Crippen molar-refractivity contribution in [3.05, 3.63) is 65.7 Å². The van der Waals surface area contributed by atoms with E-state index in [1.165, 1.54) is 18.4 Å². The van der Waals surface area contributed by atoms with Crippen LogP contribution in [0.5, 0.6) is 0 Å². The maximum Gasteiger partial charge on any atom is 0.138 e. The second kappa shape index (κ2) is 10.6. The number of benzene rings is 1. The maximum atomic E-state index is 6.27.